The van der Waals surface area contributed by atoms with Gasteiger partial charge in [-0.15, -0.1) is 0 Å². The summed E-state index contributed by atoms with van der Waals surface area (Å²) < 4.78 is 5.73. The number of hydrogen-bond acceptors (Lipinski definition) is 4. The van der Waals surface area contributed by atoms with E-state index in [1.54, 1.807) is 66.7 Å². The van der Waals surface area contributed by atoms with Crippen molar-refractivity contribution in [3.63, 3.8) is 0 Å². The Kier molecular flexibility index (Phi) is 4.85. The summed E-state index contributed by atoms with van der Waals surface area (Å²) >= 11 is 0. The minimum Gasteiger partial charge on any atom is -0.488 e. The van der Waals surface area contributed by atoms with E-state index >= 15 is 0 Å². The molecular formula is C20H15NO4. The predicted octanol–water partition coefficient (Wildman–Crippen LogP) is 4.40. The van der Waals surface area contributed by atoms with Crippen molar-refractivity contribution in [2.45, 2.75) is 6.61 Å². The highest BCUT2D eigenvalue weighted by Gasteiger charge is 2.16. The van der Waals surface area contributed by atoms with Crippen molar-refractivity contribution < 1.29 is 14.5 Å². The number of nitro benzene ring substituents is 1. The minimum absolute atomic E-state index is 0.00522. The third-order valence-corrected chi connectivity index (χ3v) is 3.74. The molecule has 0 spiro atoms. The van der Waals surface area contributed by atoms with Crippen molar-refractivity contribution in [1.29, 1.82) is 0 Å². The molecule has 0 amide bonds. The molecule has 0 aliphatic carbocycles. The van der Waals surface area contributed by atoms with E-state index < -0.39 is 4.92 Å². The first-order valence-electron chi connectivity index (χ1n) is 7.70. The Morgan fingerprint density at radius 2 is 1.52 bits per heavy atom. The third kappa shape index (κ3) is 3.72. The lowest BCUT2D eigenvalue weighted by Crippen LogP contribution is -2.06. The molecule has 0 saturated heterocycles. The Labute approximate surface area is 144 Å². The van der Waals surface area contributed by atoms with E-state index in [1.807, 2.05) is 6.07 Å². The normalized spacial score (nSPS) is 10.2. The molecule has 25 heavy (non-hydrogen) atoms. The second-order valence-electron chi connectivity index (χ2n) is 5.37. The van der Waals surface area contributed by atoms with Crippen LogP contribution in [-0.4, -0.2) is 10.7 Å². The van der Waals surface area contributed by atoms with E-state index in [4.69, 9.17) is 4.74 Å². The van der Waals surface area contributed by atoms with Crippen LogP contribution in [0.15, 0.2) is 78.9 Å². The highest BCUT2D eigenvalue weighted by atomic mass is 16.6. The summed E-state index contributed by atoms with van der Waals surface area (Å²) in [6.07, 6.45) is 0. The Morgan fingerprint density at radius 3 is 2.28 bits per heavy atom. The largest absolute Gasteiger partial charge is 0.488 e. The van der Waals surface area contributed by atoms with Crippen molar-refractivity contribution in [3.8, 4) is 5.75 Å². The fourth-order valence-corrected chi connectivity index (χ4v) is 2.49. The maximum atomic E-state index is 12.7. The van der Waals surface area contributed by atoms with Crippen molar-refractivity contribution in [3.05, 3.63) is 106 Å². The van der Waals surface area contributed by atoms with Crippen LogP contribution in [0.25, 0.3) is 0 Å². The maximum absolute atomic E-state index is 12.7. The third-order valence-electron chi connectivity index (χ3n) is 3.74. The number of nitro groups is 1. The number of para-hydroxylation sites is 2. The molecule has 0 N–H and O–H groups in total. The van der Waals surface area contributed by atoms with E-state index in [0.717, 1.165) is 0 Å². The number of nitrogens with zero attached hydrogens (tertiary/aromatic N) is 1. The van der Waals surface area contributed by atoms with Crippen molar-refractivity contribution in [2.24, 2.45) is 0 Å². The van der Waals surface area contributed by atoms with Crippen LogP contribution in [0.5, 0.6) is 5.75 Å². The van der Waals surface area contributed by atoms with E-state index in [9.17, 15) is 14.9 Å². The number of hydrogen-bond donors (Lipinski definition) is 0. The average Bonchev–Trinajstić information content (AvgIpc) is 2.67. The van der Waals surface area contributed by atoms with Crippen LogP contribution in [0.1, 0.15) is 21.5 Å². The molecule has 0 aromatic heterocycles. The van der Waals surface area contributed by atoms with E-state index in [-0.39, 0.29) is 18.1 Å². The molecule has 5 nitrogen and oxygen atoms in total. The summed E-state index contributed by atoms with van der Waals surface area (Å²) in [5.74, 6) is 0.244. The minimum atomic E-state index is -0.445. The van der Waals surface area contributed by atoms with Gasteiger partial charge in [-0.2, -0.15) is 0 Å². The standard InChI is InChI=1S/C20H15NO4/c22-20(15-8-2-1-3-9-15)17-11-5-7-13-19(17)25-14-16-10-4-6-12-18(16)21(23)24/h1-13H,14H2. The zero-order valence-electron chi connectivity index (χ0n) is 13.3. The monoisotopic (exact) mass is 333 g/mol. The van der Waals surface area contributed by atoms with Gasteiger partial charge in [0.15, 0.2) is 5.78 Å². The fraction of sp³-hybridized carbons (Fsp3) is 0.0500. The summed E-state index contributed by atoms with van der Waals surface area (Å²) in [5.41, 5.74) is 1.43. The molecule has 0 fully saturated rings. The van der Waals surface area contributed by atoms with Crippen LogP contribution in [0.2, 0.25) is 0 Å². The van der Waals surface area contributed by atoms with Gasteiger partial charge >= 0.3 is 0 Å². The maximum Gasteiger partial charge on any atom is 0.276 e. The quantitative estimate of drug-likeness (QED) is 0.381. The molecule has 0 saturated carbocycles. The van der Waals surface area contributed by atoms with E-state index in [1.165, 1.54) is 6.07 Å². The van der Waals surface area contributed by atoms with Crippen LogP contribution in [0.3, 0.4) is 0 Å². The van der Waals surface area contributed by atoms with Crippen molar-refractivity contribution >= 4 is 11.5 Å². The zero-order valence-corrected chi connectivity index (χ0v) is 13.3. The fourth-order valence-electron chi connectivity index (χ4n) is 2.49. The summed E-state index contributed by atoms with van der Waals surface area (Å²) in [7, 11) is 0. The molecule has 0 atom stereocenters. The van der Waals surface area contributed by atoms with Gasteiger partial charge in [0, 0.05) is 11.6 Å². The molecule has 5 heteroatoms. The molecule has 0 aliphatic heterocycles. The molecule has 3 aromatic rings. The predicted molar refractivity (Wildman–Crippen MR) is 93.7 cm³/mol. The van der Waals surface area contributed by atoms with Gasteiger partial charge in [0.25, 0.3) is 5.69 Å². The summed E-state index contributed by atoms with van der Waals surface area (Å²) in [5, 5.41) is 11.1. The SMILES string of the molecule is O=C(c1ccccc1)c1ccccc1OCc1ccccc1[N+](=O)[O-]. The second-order valence-corrected chi connectivity index (χ2v) is 5.37. The topological polar surface area (TPSA) is 69.4 Å². The number of benzene rings is 3. The Morgan fingerprint density at radius 1 is 0.880 bits per heavy atom. The summed E-state index contributed by atoms with van der Waals surface area (Å²) in [6, 6.07) is 22.2. The van der Waals surface area contributed by atoms with Gasteiger partial charge in [0.1, 0.15) is 12.4 Å². The molecule has 0 unspecified atom stereocenters. The average molecular weight is 333 g/mol. The molecule has 3 rings (SSSR count). The Bertz CT molecular complexity index is 906. The van der Waals surface area contributed by atoms with Crippen LogP contribution in [0, 0.1) is 10.1 Å². The summed E-state index contributed by atoms with van der Waals surface area (Å²) in [6.45, 7) is 0.0102. The van der Waals surface area contributed by atoms with Gasteiger partial charge in [0.05, 0.1) is 16.1 Å². The van der Waals surface area contributed by atoms with E-state index in [0.29, 0.717) is 22.4 Å². The number of ether oxygens (including phenoxy) is 1. The van der Waals surface area contributed by atoms with Gasteiger partial charge in [-0.1, -0.05) is 54.6 Å². The molecule has 0 bridgehead atoms. The second kappa shape index (κ2) is 7.40. The van der Waals surface area contributed by atoms with Gasteiger partial charge in [-0.25, -0.2) is 0 Å². The van der Waals surface area contributed by atoms with Gasteiger partial charge in [-0.3, -0.25) is 14.9 Å². The first-order valence-corrected chi connectivity index (χ1v) is 7.70. The van der Waals surface area contributed by atoms with Gasteiger partial charge in [-0.05, 0) is 18.2 Å². The van der Waals surface area contributed by atoms with Crippen LogP contribution >= 0.6 is 0 Å². The molecule has 0 aliphatic rings. The van der Waals surface area contributed by atoms with E-state index in [2.05, 4.69) is 0 Å². The first-order chi connectivity index (χ1) is 12.2. The van der Waals surface area contributed by atoms with Crippen molar-refractivity contribution in [2.75, 3.05) is 0 Å². The van der Waals surface area contributed by atoms with Crippen molar-refractivity contribution in [1.82, 2.24) is 0 Å². The Balaban J connectivity index is 1.85. The molecular weight excluding hydrogens is 318 g/mol. The highest BCUT2D eigenvalue weighted by molar-refractivity contribution is 6.10. The van der Waals surface area contributed by atoms with Crippen LogP contribution < -0.4 is 4.74 Å². The molecule has 0 radical (unpaired) electrons. The van der Waals surface area contributed by atoms with Gasteiger partial charge in [0.2, 0.25) is 0 Å². The molecule has 0 heterocycles. The number of carbonyl (C=O) groups excluding carboxylic acids is 1. The number of rotatable bonds is 6. The smallest absolute Gasteiger partial charge is 0.276 e. The highest BCUT2D eigenvalue weighted by Crippen LogP contribution is 2.25. The lowest BCUT2D eigenvalue weighted by molar-refractivity contribution is -0.385. The molecule has 3 aromatic carbocycles. The van der Waals surface area contributed by atoms with Crippen LogP contribution in [-0.2, 0) is 6.61 Å². The number of ketones is 1. The first kappa shape index (κ1) is 16.4. The Hall–Kier alpha value is -3.47. The lowest BCUT2D eigenvalue weighted by Gasteiger charge is -2.11. The number of carbonyl (C=O) groups is 1. The lowest BCUT2D eigenvalue weighted by atomic mass is 10.0. The zero-order chi connectivity index (χ0) is 17.6. The summed E-state index contributed by atoms with van der Waals surface area (Å²) in [4.78, 5) is 23.3. The van der Waals surface area contributed by atoms with Gasteiger partial charge < -0.3 is 4.74 Å². The molecule has 124 valence electrons. The van der Waals surface area contributed by atoms with Crippen LogP contribution in [0.4, 0.5) is 5.69 Å².